The molecule has 0 atom stereocenters. The Morgan fingerprint density at radius 3 is 2.35 bits per heavy atom. The molecule has 0 spiro atoms. The average molecular weight is 381 g/mol. The van der Waals surface area contributed by atoms with Gasteiger partial charge < -0.3 is 4.74 Å². The lowest BCUT2D eigenvalue weighted by Crippen LogP contribution is -1.98. The molecule has 0 aliphatic rings. The Kier molecular flexibility index (Phi) is 4.42. The van der Waals surface area contributed by atoms with Gasteiger partial charge >= 0.3 is 0 Å². The number of hydrogen-bond acceptors (Lipinski definition) is 3. The van der Waals surface area contributed by atoms with Crippen molar-refractivity contribution in [2.75, 3.05) is 0 Å². The van der Waals surface area contributed by atoms with Crippen molar-refractivity contribution >= 4 is 45.8 Å². The van der Waals surface area contributed by atoms with Gasteiger partial charge in [-0.1, -0.05) is 23.2 Å². The Hall–Kier alpha value is -0.590. The Morgan fingerprint density at radius 2 is 1.76 bits per heavy atom. The van der Waals surface area contributed by atoms with Crippen molar-refractivity contribution in [3.63, 3.8) is 0 Å². The van der Waals surface area contributed by atoms with Gasteiger partial charge in [-0.05, 0) is 52.4 Å². The van der Waals surface area contributed by atoms with Crippen LogP contribution in [0.2, 0.25) is 10.0 Å². The minimum Gasteiger partial charge on any atom is -0.472 e. The molecule has 1 aromatic carbocycles. The molecule has 17 heavy (non-hydrogen) atoms. The van der Waals surface area contributed by atoms with Crippen molar-refractivity contribution in [3.8, 4) is 5.88 Å². The van der Waals surface area contributed by atoms with E-state index >= 15 is 0 Å². The summed E-state index contributed by atoms with van der Waals surface area (Å²) in [5.74, 6) is 0.474. The highest BCUT2D eigenvalue weighted by Crippen LogP contribution is 2.20. The molecule has 2 rings (SSSR count). The number of hydrogen-bond donors (Lipinski definition) is 0. The largest absolute Gasteiger partial charge is 0.472 e. The maximum atomic E-state index is 5.88. The number of rotatable bonds is 3. The van der Waals surface area contributed by atoms with Crippen LogP contribution in [-0.4, -0.2) is 10.2 Å². The molecule has 0 amide bonds. The third kappa shape index (κ3) is 3.97. The van der Waals surface area contributed by atoms with Crippen LogP contribution >= 0.6 is 45.8 Å². The second-order valence-electron chi connectivity index (χ2n) is 3.26. The van der Waals surface area contributed by atoms with Gasteiger partial charge in [-0.15, -0.1) is 10.2 Å². The van der Waals surface area contributed by atoms with E-state index in [0.29, 0.717) is 22.5 Å². The smallest absolute Gasteiger partial charge is 0.233 e. The highest BCUT2D eigenvalue weighted by Gasteiger charge is 2.01. The van der Waals surface area contributed by atoms with Crippen LogP contribution in [0.3, 0.4) is 0 Å². The molecule has 88 valence electrons. The standard InChI is InChI=1S/C11H7Cl2IN2O/c12-8-3-7(4-9(13)5-8)6-17-11-2-1-10(14)15-16-11/h1-5H,6H2. The van der Waals surface area contributed by atoms with Crippen LogP contribution in [0.1, 0.15) is 5.56 Å². The Morgan fingerprint density at radius 1 is 1.06 bits per heavy atom. The molecule has 0 fully saturated rings. The van der Waals surface area contributed by atoms with Gasteiger partial charge in [-0.25, -0.2) is 0 Å². The summed E-state index contributed by atoms with van der Waals surface area (Å²) in [6, 6.07) is 8.87. The van der Waals surface area contributed by atoms with Gasteiger partial charge in [0, 0.05) is 16.1 Å². The zero-order chi connectivity index (χ0) is 12.3. The minimum atomic E-state index is 0.357. The summed E-state index contributed by atoms with van der Waals surface area (Å²) in [5.41, 5.74) is 0.892. The van der Waals surface area contributed by atoms with Crippen molar-refractivity contribution in [2.24, 2.45) is 0 Å². The third-order valence-corrected chi connectivity index (χ3v) is 2.93. The van der Waals surface area contributed by atoms with Crippen molar-refractivity contribution in [1.29, 1.82) is 0 Å². The predicted molar refractivity (Wildman–Crippen MR) is 75.5 cm³/mol. The van der Waals surface area contributed by atoms with Crippen LogP contribution in [-0.2, 0) is 6.61 Å². The summed E-state index contributed by atoms with van der Waals surface area (Å²) in [5, 5.41) is 8.95. The fraction of sp³-hybridized carbons (Fsp3) is 0.0909. The molecule has 0 saturated heterocycles. The molecule has 0 saturated carbocycles. The number of aromatic nitrogens is 2. The molecular weight excluding hydrogens is 374 g/mol. The summed E-state index contributed by atoms with van der Waals surface area (Å²) in [6.45, 7) is 0.357. The van der Waals surface area contributed by atoms with Crippen molar-refractivity contribution in [2.45, 2.75) is 6.61 Å². The van der Waals surface area contributed by atoms with Crippen LogP contribution in [0, 0.1) is 3.70 Å². The van der Waals surface area contributed by atoms with Gasteiger partial charge in [0.15, 0.2) is 0 Å². The van der Waals surface area contributed by atoms with E-state index in [-0.39, 0.29) is 0 Å². The molecule has 1 aromatic heterocycles. The normalized spacial score (nSPS) is 10.3. The van der Waals surface area contributed by atoms with Gasteiger partial charge in [-0.3, -0.25) is 0 Å². The predicted octanol–water partition coefficient (Wildman–Crippen LogP) is 3.97. The lowest BCUT2D eigenvalue weighted by molar-refractivity contribution is 0.290. The van der Waals surface area contributed by atoms with Gasteiger partial charge in [-0.2, -0.15) is 0 Å². The van der Waals surface area contributed by atoms with Crippen LogP contribution in [0.4, 0.5) is 0 Å². The lowest BCUT2D eigenvalue weighted by Gasteiger charge is -2.05. The van der Waals surface area contributed by atoms with E-state index in [1.54, 1.807) is 24.3 Å². The Labute approximate surface area is 122 Å². The molecule has 6 heteroatoms. The van der Waals surface area contributed by atoms with Crippen LogP contribution in [0.15, 0.2) is 30.3 Å². The van der Waals surface area contributed by atoms with E-state index in [9.17, 15) is 0 Å². The van der Waals surface area contributed by atoms with Gasteiger partial charge in [0.1, 0.15) is 10.3 Å². The maximum Gasteiger partial charge on any atom is 0.233 e. The maximum absolute atomic E-state index is 5.88. The van der Waals surface area contributed by atoms with E-state index in [4.69, 9.17) is 27.9 Å². The van der Waals surface area contributed by atoms with Crippen molar-refractivity contribution in [1.82, 2.24) is 10.2 Å². The van der Waals surface area contributed by atoms with Gasteiger partial charge in [0.2, 0.25) is 5.88 Å². The third-order valence-electron chi connectivity index (χ3n) is 1.92. The summed E-state index contributed by atoms with van der Waals surface area (Å²) < 4.78 is 6.28. The highest BCUT2D eigenvalue weighted by atomic mass is 127. The van der Waals surface area contributed by atoms with Gasteiger partial charge in [0.25, 0.3) is 0 Å². The first kappa shape index (κ1) is 12.9. The molecule has 1 heterocycles. The molecule has 0 aliphatic heterocycles. The molecule has 3 nitrogen and oxygen atoms in total. The van der Waals surface area contributed by atoms with E-state index in [1.807, 2.05) is 6.07 Å². The second kappa shape index (κ2) is 5.84. The second-order valence-corrected chi connectivity index (χ2v) is 5.24. The summed E-state index contributed by atoms with van der Waals surface area (Å²) >= 11 is 13.8. The first-order valence-corrected chi connectivity index (χ1v) is 6.54. The Balaban J connectivity index is 2.04. The number of nitrogens with zero attached hydrogens (tertiary/aromatic N) is 2. The summed E-state index contributed by atoms with van der Waals surface area (Å²) in [6.07, 6.45) is 0. The molecule has 0 N–H and O–H groups in total. The quantitative estimate of drug-likeness (QED) is 0.756. The minimum absolute atomic E-state index is 0.357. The van der Waals surface area contributed by atoms with E-state index in [1.165, 1.54) is 0 Å². The first-order chi connectivity index (χ1) is 8.13. The molecular formula is C11H7Cl2IN2O. The number of ether oxygens (including phenoxy) is 1. The zero-order valence-corrected chi connectivity index (χ0v) is 12.2. The van der Waals surface area contributed by atoms with Crippen LogP contribution < -0.4 is 4.74 Å². The zero-order valence-electron chi connectivity index (χ0n) is 8.53. The van der Waals surface area contributed by atoms with E-state index in [0.717, 1.165) is 9.26 Å². The fourth-order valence-electron chi connectivity index (χ4n) is 1.23. The monoisotopic (exact) mass is 380 g/mol. The van der Waals surface area contributed by atoms with Crippen LogP contribution in [0.5, 0.6) is 5.88 Å². The van der Waals surface area contributed by atoms with Crippen molar-refractivity contribution in [3.05, 3.63) is 49.6 Å². The topological polar surface area (TPSA) is 35.0 Å². The first-order valence-electron chi connectivity index (χ1n) is 4.70. The SMILES string of the molecule is Clc1cc(Cl)cc(COc2ccc(I)nn2)c1. The fourth-order valence-corrected chi connectivity index (χ4v) is 2.09. The molecule has 0 unspecified atom stereocenters. The van der Waals surface area contributed by atoms with Crippen molar-refractivity contribution < 1.29 is 4.74 Å². The summed E-state index contributed by atoms with van der Waals surface area (Å²) in [4.78, 5) is 0. The summed E-state index contributed by atoms with van der Waals surface area (Å²) in [7, 11) is 0. The Bertz CT molecular complexity index is 499. The molecule has 0 radical (unpaired) electrons. The molecule has 0 bridgehead atoms. The number of halogens is 3. The average Bonchev–Trinajstić information content (AvgIpc) is 2.27. The van der Waals surface area contributed by atoms with E-state index < -0.39 is 0 Å². The highest BCUT2D eigenvalue weighted by molar-refractivity contribution is 14.1. The lowest BCUT2D eigenvalue weighted by atomic mass is 10.2. The van der Waals surface area contributed by atoms with Crippen LogP contribution in [0.25, 0.3) is 0 Å². The molecule has 0 aliphatic carbocycles. The van der Waals surface area contributed by atoms with Gasteiger partial charge in [0.05, 0.1) is 0 Å². The van der Waals surface area contributed by atoms with E-state index in [2.05, 4.69) is 32.8 Å². The number of benzene rings is 1. The molecule has 2 aromatic rings.